The zero-order chi connectivity index (χ0) is 11.7. The molecule has 1 N–H and O–H groups in total. The smallest absolute Gasteiger partial charge is 0.120 e. The summed E-state index contributed by atoms with van der Waals surface area (Å²) in [5, 5.41) is 6.47. The van der Waals surface area contributed by atoms with Crippen molar-refractivity contribution in [3.8, 4) is 0 Å². The number of nitrogens with one attached hydrogen (secondary N) is 1. The molecule has 4 heteroatoms. The molecule has 0 saturated carbocycles. The summed E-state index contributed by atoms with van der Waals surface area (Å²) in [5.74, 6) is 0. The standard InChI is InChI=1S/C13H14N2OS/c1-14-13(12-15-6-7-17-12)9-16-8-10-4-2-3-5-11(10)13/h2-7,14H,8-9H2,1H3. The molecule has 1 unspecified atom stereocenters. The Morgan fingerprint density at radius 1 is 1.41 bits per heavy atom. The van der Waals surface area contributed by atoms with Crippen molar-refractivity contribution in [2.24, 2.45) is 0 Å². The van der Waals surface area contributed by atoms with E-state index in [2.05, 4.69) is 34.6 Å². The van der Waals surface area contributed by atoms with Crippen LogP contribution in [0.2, 0.25) is 0 Å². The van der Waals surface area contributed by atoms with Gasteiger partial charge < -0.3 is 10.1 Å². The molecule has 17 heavy (non-hydrogen) atoms. The monoisotopic (exact) mass is 246 g/mol. The Balaban J connectivity index is 2.19. The van der Waals surface area contributed by atoms with Crippen molar-refractivity contribution in [1.29, 1.82) is 0 Å². The number of benzene rings is 1. The summed E-state index contributed by atoms with van der Waals surface area (Å²) in [7, 11) is 1.97. The largest absolute Gasteiger partial charge is 0.374 e. The quantitative estimate of drug-likeness (QED) is 0.881. The first-order valence-electron chi connectivity index (χ1n) is 5.62. The highest BCUT2D eigenvalue weighted by Gasteiger charge is 2.39. The van der Waals surface area contributed by atoms with Crippen molar-refractivity contribution >= 4 is 11.3 Å². The van der Waals surface area contributed by atoms with E-state index < -0.39 is 0 Å². The molecule has 3 nitrogen and oxygen atoms in total. The second kappa shape index (κ2) is 4.22. The van der Waals surface area contributed by atoms with Gasteiger partial charge in [0.05, 0.1) is 13.2 Å². The molecule has 1 atom stereocenters. The molecule has 0 spiro atoms. The lowest BCUT2D eigenvalue weighted by atomic mass is 9.86. The number of hydrogen-bond donors (Lipinski definition) is 1. The fourth-order valence-corrected chi connectivity index (χ4v) is 3.22. The number of likely N-dealkylation sites (N-methyl/N-ethyl adjacent to an activating group) is 1. The van der Waals surface area contributed by atoms with Crippen LogP contribution in [0, 0.1) is 0 Å². The van der Waals surface area contributed by atoms with Crippen molar-refractivity contribution < 1.29 is 4.74 Å². The van der Waals surface area contributed by atoms with E-state index in [0.29, 0.717) is 13.2 Å². The normalized spacial score (nSPS) is 23.4. The number of nitrogens with zero attached hydrogens (tertiary/aromatic N) is 1. The van der Waals surface area contributed by atoms with Crippen LogP contribution in [0.5, 0.6) is 0 Å². The number of hydrogen-bond acceptors (Lipinski definition) is 4. The Morgan fingerprint density at radius 2 is 2.29 bits per heavy atom. The summed E-state index contributed by atoms with van der Waals surface area (Å²) >= 11 is 1.66. The summed E-state index contributed by atoms with van der Waals surface area (Å²) in [4.78, 5) is 4.46. The van der Waals surface area contributed by atoms with Gasteiger partial charge in [0.2, 0.25) is 0 Å². The molecule has 0 radical (unpaired) electrons. The molecule has 2 aromatic rings. The molecule has 3 rings (SSSR count). The minimum Gasteiger partial charge on any atom is -0.374 e. The summed E-state index contributed by atoms with van der Waals surface area (Å²) < 4.78 is 5.73. The topological polar surface area (TPSA) is 34.2 Å². The van der Waals surface area contributed by atoms with E-state index in [9.17, 15) is 0 Å². The Labute approximate surface area is 104 Å². The first-order valence-corrected chi connectivity index (χ1v) is 6.50. The summed E-state index contributed by atoms with van der Waals surface area (Å²) in [6, 6.07) is 8.41. The van der Waals surface area contributed by atoms with Crippen molar-refractivity contribution in [1.82, 2.24) is 10.3 Å². The Hall–Kier alpha value is -1.23. The fraction of sp³-hybridized carbons (Fsp3) is 0.308. The zero-order valence-electron chi connectivity index (χ0n) is 9.64. The third-order valence-corrected chi connectivity index (χ3v) is 4.21. The lowest BCUT2D eigenvalue weighted by Gasteiger charge is -2.37. The molecule has 0 bridgehead atoms. The number of ether oxygens (including phenoxy) is 1. The van der Waals surface area contributed by atoms with Crippen LogP contribution in [0.25, 0.3) is 0 Å². The maximum Gasteiger partial charge on any atom is 0.120 e. The summed E-state index contributed by atoms with van der Waals surface area (Å²) in [6.07, 6.45) is 1.84. The van der Waals surface area contributed by atoms with E-state index in [4.69, 9.17) is 4.74 Å². The van der Waals surface area contributed by atoms with E-state index in [1.807, 2.05) is 18.6 Å². The van der Waals surface area contributed by atoms with Gasteiger partial charge in [-0.1, -0.05) is 24.3 Å². The second-order valence-corrected chi connectivity index (χ2v) is 5.04. The minimum absolute atomic E-state index is 0.289. The highest BCUT2D eigenvalue weighted by Crippen LogP contribution is 2.36. The van der Waals surface area contributed by atoms with E-state index in [1.165, 1.54) is 11.1 Å². The van der Waals surface area contributed by atoms with Crippen molar-refractivity contribution in [2.75, 3.05) is 13.7 Å². The third kappa shape index (κ3) is 1.60. The van der Waals surface area contributed by atoms with E-state index >= 15 is 0 Å². The lowest BCUT2D eigenvalue weighted by molar-refractivity contribution is 0.0554. The van der Waals surface area contributed by atoms with Gasteiger partial charge >= 0.3 is 0 Å². The predicted molar refractivity (Wildman–Crippen MR) is 68.1 cm³/mol. The van der Waals surface area contributed by atoms with Crippen LogP contribution in [-0.4, -0.2) is 18.6 Å². The number of aromatic nitrogens is 1. The van der Waals surface area contributed by atoms with Gasteiger partial charge in [-0.3, -0.25) is 0 Å². The molecule has 2 heterocycles. The van der Waals surface area contributed by atoms with E-state index in [1.54, 1.807) is 11.3 Å². The maximum atomic E-state index is 5.73. The highest BCUT2D eigenvalue weighted by atomic mass is 32.1. The Bertz CT molecular complexity index is 512. The van der Waals surface area contributed by atoms with Gasteiger partial charge in [0, 0.05) is 11.6 Å². The molecule has 0 amide bonds. The van der Waals surface area contributed by atoms with Gasteiger partial charge in [0.25, 0.3) is 0 Å². The Morgan fingerprint density at radius 3 is 3.06 bits per heavy atom. The van der Waals surface area contributed by atoms with Crippen LogP contribution in [0.4, 0.5) is 0 Å². The highest BCUT2D eigenvalue weighted by molar-refractivity contribution is 7.09. The third-order valence-electron chi connectivity index (χ3n) is 3.28. The SMILES string of the molecule is CNC1(c2nccs2)COCc2ccccc21. The van der Waals surface area contributed by atoms with E-state index in [0.717, 1.165) is 5.01 Å². The van der Waals surface area contributed by atoms with Gasteiger partial charge in [0.15, 0.2) is 0 Å². The number of fused-ring (bicyclic) bond motifs is 1. The van der Waals surface area contributed by atoms with Crippen molar-refractivity contribution in [3.05, 3.63) is 52.0 Å². The summed E-state index contributed by atoms with van der Waals surface area (Å²) in [6.45, 7) is 1.32. The van der Waals surface area contributed by atoms with Crippen LogP contribution in [0.15, 0.2) is 35.8 Å². The molecule has 1 aromatic heterocycles. The molecule has 88 valence electrons. The second-order valence-electron chi connectivity index (χ2n) is 4.14. The molecule has 1 aliphatic heterocycles. The fourth-order valence-electron chi connectivity index (χ4n) is 2.38. The maximum absolute atomic E-state index is 5.73. The molecule has 0 aliphatic carbocycles. The van der Waals surface area contributed by atoms with Crippen LogP contribution in [0.1, 0.15) is 16.1 Å². The average molecular weight is 246 g/mol. The minimum atomic E-state index is -0.289. The number of rotatable bonds is 2. The number of thiazole rings is 1. The van der Waals surface area contributed by atoms with Crippen LogP contribution in [-0.2, 0) is 16.9 Å². The average Bonchev–Trinajstić information content (AvgIpc) is 2.92. The Kier molecular flexibility index (Phi) is 2.70. The van der Waals surface area contributed by atoms with Crippen LogP contribution in [0.3, 0.4) is 0 Å². The van der Waals surface area contributed by atoms with Crippen molar-refractivity contribution in [2.45, 2.75) is 12.1 Å². The van der Waals surface area contributed by atoms with E-state index in [-0.39, 0.29) is 5.54 Å². The zero-order valence-corrected chi connectivity index (χ0v) is 10.5. The molecular formula is C13H14N2OS. The molecular weight excluding hydrogens is 232 g/mol. The molecule has 0 saturated heterocycles. The lowest BCUT2D eigenvalue weighted by Crippen LogP contribution is -2.48. The van der Waals surface area contributed by atoms with Gasteiger partial charge in [-0.25, -0.2) is 4.98 Å². The van der Waals surface area contributed by atoms with Gasteiger partial charge in [0.1, 0.15) is 10.5 Å². The predicted octanol–water partition coefficient (Wildman–Crippen LogP) is 2.14. The van der Waals surface area contributed by atoms with Crippen LogP contribution >= 0.6 is 11.3 Å². The first kappa shape index (κ1) is 10.9. The molecule has 0 fully saturated rings. The van der Waals surface area contributed by atoms with Crippen LogP contribution < -0.4 is 5.32 Å². The van der Waals surface area contributed by atoms with Gasteiger partial charge in [-0.05, 0) is 18.2 Å². The van der Waals surface area contributed by atoms with Gasteiger partial charge in [-0.15, -0.1) is 11.3 Å². The molecule has 1 aromatic carbocycles. The molecule has 1 aliphatic rings. The summed E-state index contributed by atoms with van der Waals surface area (Å²) in [5.41, 5.74) is 2.23. The first-order chi connectivity index (χ1) is 8.37. The van der Waals surface area contributed by atoms with Crippen molar-refractivity contribution in [3.63, 3.8) is 0 Å². The van der Waals surface area contributed by atoms with Gasteiger partial charge in [-0.2, -0.15) is 0 Å².